The van der Waals surface area contributed by atoms with Crippen molar-refractivity contribution in [3.05, 3.63) is 34.3 Å². The SMILES string of the molecule is CCCCCCCC#Cc1cc(Cl)ccc1C. The van der Waals surface area contributed by atoms with Crippen molar-refractivity contribution >= 4 is 11.6 Å². The Morgan fingerprint density at radius 1 is 1.12 bits per heavy atom. The van der Waals surface area contributed by atoms with Crippen LogP contribution < -0.4 is 0 Å². The maximum atomic E-state index is 5.95. The molecule has 0 N–H and O–H groups in total. The smallest absolute Gasteiger partial charge is 0.0418 e. The molecule has 0 spiro atoms. The first kappa shape index (κ1) is 14.1. The van der Waals surface area contributed by atoms with E-state index in [2.05, 4.69) is 25.7 Å². The molecule has 0 amide bonds. The standard InChI is InChI=1S/C16H21Cl/c1-3-4-5-6-7-8-9-10-15-13-16(17)12-11-14(15)2/h11-13H,3-8H2,1-2H3. The second kappa shape index (κ2) is 8.20. The van der Waals surface area contributed by atoms with Crippen molar-refractivity contribution in [3.8, 4) is 11.8 Å². The van der Waals surface area contributed by atoms with Gasteiger partial charge in [0.05, 0.1) is 0 Å². The van der Waals surface area contributed by atoms with E-state index >= 15 is 0 Å². The van der Waals surface area contributed by atoms with Crippen LogP contribution in [0.3, 0.4) is 0 Å². The zero-order valence-corrected chi connectivity index (χ0v) is 11.6. The second-order valence-electron chi connectivity index (χ2n) is 4.43. The van der Waals surface area contributed by atoms with Crippen LogP contribution in [0.1, 0.15) is 56.6 Å². The number of aryl methyl sites for hydroxylation is 1. The van der Waals surface area contributed by atoms with Crippen molar-refractivity contribution in [2.75, 3.05) is 0 Å². The first-order valence-corrected chi connectivity index (χ1v) is 6.87. The second-order valence-corrected chi connectivity index (χ2v) is 4.86. The fourth-order valence-electron chi connectivity index (χ4n) is 1.70. The lowest BCUT2D eigenvalue weighted by Gasteiger charge is -1.98. The van der Waals surface area contributed by atoms with E-state index in [9.17, 15) is 0 Å². The molecule has 0 aliphatic heterocycles. The van der Waals surface area contributed by atoms with E-state index in [1.807, 2.05) is 18.2 Å². The average molecular weight is 249 g/mol. The molecule has 92 valence electrons. The molecule has 0 nitrogen and oxygen atoms in total. The van der Waals surface area contributed by atoms with E-state index in [-0.39, 0.29) is 0 Å². The molecule has 0 radical (unpaired) electrons. The Bertz CT molecular complexity index is 396. The lowest BCUT2D eigenvalue weighted by molar-refractivity contribution is 0.641. The molecule has 0 aliphatic carbocycles. The molecule has 0 unspecified atom stereocenters. The summed E-state index contributed by atoms with van der Waals surface area (Å²) in [7, 11) is 0. The van der Waals surface area contributed by atoms with Gasteiger partial charge in [0.2, 0.25) is 0 Å². The van der Waals surface area contributed by atoms with Crippen molar-refractivity contribution in [1.82, 2.24) is 0 Å². The molecular formula is C16H21Cl. The Labute approximate surface area is 110 Å². The van der Waals surface area contributed by atoms with E-state index in [1.54, 1.807) is 0 Å². The normalized spacial score (nSPS) is 9.82. The van der Waals surface area contributed by atoms with Crippen molar-refractivity contribution < 1.29 is 0 Å². The van der Waals surface area contributed by atoms with Gasteiger partial charge in [-0.2, -0.15) is 0 Å². The van der Waals surface area contributed by atoms with Crippen molar-refractivity contribution in [2.45, 2.75) is 52.4 Å². The molecule has 0 saturated heterocycles. The van der Waals surface area contributed by atoms with Crippen LogP contribution in [0.2, 0.25) is 5.02 Å². The van der Waals surface area contributed by atoms with E-state index in [0.717, 1.165) is 17.0 Å². The minimum absolute atomic E-state index is 0.767. The Morgan fingerprint density at radius 2 is 1.88 bits per heavy atom. The van der Waals surface area contributed by atoms with Gasteiger partial charge in [0, 0.05) is 17.0 Å². The van der Waals surface area contributed by atoms with Crippen LogP contribution in [0.15, 0.2) is 18.2 Å². The zero-order valence-electron chi connectivity index (χ0n) is 10.9. The molecule has 1 aromatic carbocycles. The molecular weight excluding hydrogens is 228 g/mol. The third kappa shape index (κ3) is 5.80. The minimum atomic E-state index is 0.767. The fraction of sp³-hybridized carbons (Fsp3) is 0.500. The monoisotopic (exact) mass is 248 g/mol. The Morgan fingerprint density at radius 3 is 2.65 bits per heavy atom. The van der Waals surface area contributed by atoms with Crippen LogP contribution in [0.25, 0.3) is 0 Å². The Balaban J connectivity index is 2.36. The van der Waals surface area contributed by atoms with Gasteiger partial charge in [0.15, 0.2) is 0 Å². The summed E-state index contributed by atoms with van der Waals surface area (Å²) < 4.78 is 0. The number of benzene rings is 1. The Kier molecular flexibility index (Phi) is 6.82. The number of hydrogen-bond donors (Lipinski definition) is 0. The first-order chi connectivity index (χ1) is 8.24. The summed E-state index contributed by atoms with van der Waals surface area (Å²) in [5.74, 6) is 6.45. The molecule has 1 rings (SSSR count). The van der Waals surface area contributed by atoms with E-state index in [0.29, 0.717) is 0 Å². The van der Waals surface area contributed by atoms with Gasteiger partial charge in [-0.1, -0.05) is 62.1 Å². The van der Waals surface area contributed by atoms with Gasteiger partial charge in [-0.15, -0.1) is 0 Å². The van der Waals surface area contributed by atoms with Gasteiger partial charge < -0.3 is 0 Å². The molecule has 0 fully saturated rings. The third-order valence-electron chi connectivity index (χ3n) is 2.83. The molecule has 0 bridgehead atoms. The van der Waals surface area contributed by atoms with E-state index < -0.39 is 0 Å². The Hall–Kier alpha value is -0.930. The lowest BCUT2D eigenvalue weighted by Crippen LogP contribution is -1.81. The summed E-state index contributed by atoms with van der Waals surface area (Å²) in [6.07, 6.45) is 7.50. The third-order valence-corrected chi connectivity index (χ3v) is 3.06. The summed E-state index contributed by atoms with van der Waals surface area (Å²) in [6, 6.07) is 5.88. The molecule has 0 aromatic heterocycles. The molecule has 0 saturated carbocycles. The van der Waals surface area contributed by atoms with Crippen LogP contribution in [-0.2, 0) is 0 Å². The molecule has 17 heavy (non-hydrogen) atoms. The quantitative estimate of drug-likeness (QED) is 0.486. The number of halogens is 1. The molecule has 1 heteroatoms. The van der Waals surface area contributed by atoms with Crippen LogP contribution in [0.4, 0.5) is 0 Å². The molecule has 0 atom stereocenters. The van der Waals surface area contributed by atoms with Crippen LogP contribution in [-0.4, -0.2) is 0 Å². The predicted molar refractivity (Wildman–Crippen MR) is 76.4 cm³/mol. The van der Waals surface area contributed by atoms with Gasteiger partial charge in [-0.25, -0.2) is 0 Å². The van der Waals surface area contributed by atoms with Crippen LogP contribution in [0, 0.1) is 18.8 Å². The van der Waals surface area contributed by atoms with E-state index in [1.165, 1.54) is 37.7 Å². The lowest BCUT2D eigenvalue weighted by atomic mass is 10.1. The minimum Gasteiger partial charge on any atom is -0.0979 e. The van der Waals surface area contributed by atoms with Gasteiger partial charge in [0.25, 0.3) is 0 Å². The van der Waals surface area contributed by atoms with E-state index in [4.69, 9.17) is 11.6 Å². The van der Waals surface area contributed by atoms with Crippen molar-refractivity contribution in [3.63, 3.8) is 0 Å². The summed E-state index contributed by atoms with van der Waals surface area (Å²) in [5.41, 5.74) is 2.26. The highest BCUT2D eigenvalue weighted by molar-refractivity contribution is 6.30. The van der Waals surface area contributed by atoms with Gasteiger partial charge >= 0.3 is 0 Å². The molecule has 0 heterocycles. The summed E-state index contributed by atoms with van der Waals surface area (Å²) in [4.78, 5) is 0. The average Bonchev–Trinajstić information content (AvgIpc) is 2.32. The highest BCUT2D eigenvalue weighted by Crippen LogP contribution is 2.14. The zero-order chi connectivity index (χ0) is 12.5. The maximum Gasteiger partial charge on any atom is 0.0418 e. The summed E-state index contributed by atoms with van der Waals surface area (Å²) in [6.45, 7) is 4.31. The fourth-order valence-corrected chi connectivity index (χ4v) is 1.88. The highest BCUT2D eigenvalue weighted by atomic mass is 35.5. The topological polar surface area (TPSA) is 0 Å². The van der Waals surface area contributed by atoms with Gasteiger partial charge in [0.1, 0.15) is 0 Å². The van der Waals surface area contributed by atoms with Crippen LogP contribution in [0.5, 0.6) is 0 Å². The number of rotatable bonds is 5. The largest absolute Gasteiger partial charge is 0.0979 e. The molecule has 0 aliphatic rings. The van der Waals surface area contributed by atoms with Gasteiger partial charge in [-0.3, -0.25) is 0 Å². The summed E-state index contributed by atoms with van der Waals surface area (Å²) in [5, 5.41) is 0.767. The molecule has 1 aromatic rings. The highest BCUT2D eigenvalue weighted by Gasteiger charge is 1.95. The first-order valence-electron chi connectivity index (χ1n) is 6.49. The number of unbranched alkanes of at least 4 members (excludes halogenated alkanes) is 5. The predicted octanol–water partition coefficient (Wildman–Crippen LogP) is 5.36. The van der Waals surface area contributed by atoms with Crippen molar-refractivity contribution in [2.24, 2.45) is 0 Å². The van der Waals surface area contributed by atoms with Crippen LogP contribution >= 0.6 is 11.6 Å². The van der Waals surface area contributed by atoms with Gasteiger partial charge in [-0.05, 0) is 31.0 Å². The maximum absolute atomic E-state index is 5.95. The summed E-state index contributed by atoms with van der Waals surface area (Å²) >= 11 is 5.95. The number of hydrogen-bond acceptors (Lipinski definition) is 0. The van der Waals surface area contributed by atoms with Crippen molar-refractivity contribution in [1.29, 1.82) is 0 Å².